The van der Waals surface area contributed by atoms with Gasteiger partial charge in [0.1, 0.15) is 12.1 Å². The van der Waals surface area contributed by atoms with Crippen LogP contribution < -0.4 is 5.73 Å². The van der Waals surface area contributed by atoms with Gasteiger partial charge in [0.15, 0.2) is 5.65 Å². The third kappa shape index (κ3) is 4.10. The second-order valence-electron chi connectivity index (χ2n) is 7.69. The first-order valence-corrected chi connectivity index (χ1v) is 9.47. The Morgan fingerprint density at radius 1 is 1.41 bits per heavy atom. The van der Waals surface area contributed by atoms with Gasteiger partial charge in [-0.25, -0.2) is 14.6 Å². The zero-order valence-corrected chi connectivity index (χ0v) is 16.6. The van der Waals surface area contributed by atoms with Crippen LogP contribution >= 0.6 is 0 Å². The van der Waals surface area contributed by atoms with Crippen LogP contribution in [-0.2, 0) is 4.79 Å². The van der Waals surface area contributed by atoms with Crippen molar-refractivity contribution in [1.29, 1.82) is 0 Å². The van der Waals surface area contributed by atoms with Crippen molar-refractivity contribution in [3.8, 4) is 0 Å². The number of carbonyl (C=O) groups is 1. The minimum absolute atomic E-state index is 0.0521. The summed E-state index contributed by atoms with van der Waals surface area (Å²) in [5, 5.41) is 5.66. The number of aromatic nitrogens is 4. The number of likely N-dealkylation sites (tertiary alicyclic amines) is 1. The first kappa shape index (κ1) is 19.3. The van der Waals surface area contributed by atoms with Gasteiger partial charge in [-0.15, -0.1) is 0 Å². The fraction of sp³-hybridized carbons (Fsp3) is 0.579. The Balaban J connectivity index is 1.85. The van der Waals surface area contributed by atoms with Gasteiger partial charge in [0.05, 0.1) is 17.1 Å². The lowest BCUT2D eigenvalue weighted by molar-refractivity contribution is -0.127. The second-order valence-corrected chi connectivity index (χ2v) is 7.69. The minimum atomic E-state index is 0.0521. The average Bonchev–Trinajstić information content (AvgIpc) is 3.03. The van der Waals surface area contributed by atoms with E-state index in [9.17, 15) is 4.79 Å². The summed E-state index contributed by atoms with van der Waals surface area (Å²) in [5.41, 5.74) is 7.78. The van der Waals surface area contributed by atoms with Crippen LogP contribution in [0.2, 0.25) is 0 Å². The normalized spacial score (nSPS) is 18.3. The summed E-state index contributed by atoms with van der Waals surface area (Å²) in [6, 6.07) is 0.0919. The summed E-state index contributed by atoms with van der Waals surface area (Å²) < 4.78 is 1.95. The zero-order valence-electron chi connectivity index (χ0n) is 16.6. The van der Waals surface area contributed by atoms with E-state index in [0.29, 0.717) is 12.4 Å². The van der Waals surface area contributed by atoms with Gasteiger partial charge in [-0.2, -0.15) is 5.10 Å². The van der Waals surface area contributed by atoms with Crippen molar-refractivity contribution in [1.82, 2.24) is 29.5 Å². The third-order valence-electron chi connectivity index (χ3n) is 4.88. The first-order valence-electron chi connectivity index (χ1n) is 9.47. The van der Waals surface area contributed by atoms with Crippen molar-refractivity contribution in [3.05, 3.63) is 24.2 Å². The number of anilines is 1. The minimum Gasteiger partial charge on any atom is -0.383 e. The highest BCUT2D eigenvalue weighted by Crippen LogP contribution is 2.31. The fourth-order valence-corrected chi connectivity index (χ4v) is 3.51. The molecule has 1 atom stereocenters. The Kier molecular flexibility index (Phi) is 5.74. The lowest BCUT2D eigenvalue weighted by Gasteiger charge is -2.32. The Hall–Kier alpha value is -2.48. The number of piperidine rings is 1. The summed E-state index contributed by atoms with van der Waals surface area (Å²) >= 11 is 0. The number of nitrogen functional groups attached to an aromatic ring is 1. The molecule has 3 heterocycles. The smallest absolute Gasteiger partial charge is 0.246 e. The summed E-state index contributed by atoms with van der Waals surface area (Å²) in [6.07, 6.45) is 6.96. The molecule has 2 aromatic rings. The van der Waals surface area contributed by atoms with Crippen LogP contribution in [0.3, 0.4) is 0 Å². The molecule has 1 aliphatic heterocycles. The number of likely N-dealkylation sites (N-methyl/N-ethyl adjacent to an activating group) is 1. The Morgan fingerprint density at radius 2 is 2.19 bits per heavy atom. The number of nitrogens with zero attached hydrogens (tertiary/aromatic N) is 6. The van der Waals surface area contributed by atoms with Gasteiger partial charge in [0.2, 0.25) is 5.91 Å². The SMILES string of the molecule is CC(C)c1nn([C@@H]2CCCN(C(=O)/C=C/CN(C)C)C2)c2ncnc(N)c12. The molecule has 0 aromatic carbocycles. The molecule has 0 spiro atoms. The molecular formula is C19H29N7O. The molecule has 0 saturated carbocycles. The number of fused-ring (bicyclic) bond motifs is 1. The van der Waals surface area contributed by atoms with E-state index in [1.165, 1.54) is 6.33 Å². The maximum atomic E-state index is 12.5. The van der Waals surface area contributed by atoms with Crippen molar-refractivity contribution in [2.24, 2.45) is 0 Å². The van der Waals surface area contributed by atoms with E-state index >= 15 is 0 Å². The van der Waals surface area contributed by atoms with Crippen molar-refractivity contribution in [3.63, 3.8) is 0 Å². The molecular weight excluding hydrogens is 342 g/mol. The summed E-state index contributed by atoms with van der Waals surface area (Å²) in [7, 11) is 3.96. The molecule has 8 heteroatoms. The third-order valence-corrected chi connectivity index (χ3v) is 4.88. The maximum Gasteiger partial charge on any atom is 0.246 e. The van der Waals surface area contributed by atoms with E-state index in [0.717, 1.165) is 42.7 Å². The van der Waals surface area contributed by atoms with E-state index in [2.05, 4.69) is 23.8 Å². The van der Waals surface area contributed by atoms with Gasteiger partial charge in [-0.3, -0.25) is 4.79 Å². The predicted molar refractivity (Wildman–Crippen MR) is 106 cm³/mol. The van der Waals surface area contributed by atoms with E-state index in [1.54, 1.807) is 6.08 Å². The quantitative estimate of drug-likeness (QED) is 0.806. The van der Waals surface area contributed by atoms with E-state index in [1.807, 2.05) is 34.7 Å². The van der Waals surface area contributed by atoms with Crippen LogP contribution in [0, 0.1) is 0 Å². The molecule has 0 aliphatic carbocycles. The zero-order chi connectivity index (χ0) is 19.6. The molecule has 146 valence electrons. The number of carbonyl (C=O) groups excluding carboxylic acids is 1. The van der Waals surface area contributed by atoms with Gasteiger partial charge in [0.25, 0.3) is 0 Å². The molecule has 0 bridgehead atoms. The average molecular weight is 371 g/mol. The number of hydrogen-bond donors (Lipinski definition) is 1. The van der Waals surface area contributed by atoms with Crippen LogP contribution in [-0.4, -0.2) is 69.2 Å². The van der Waals surface area contributed by atoms with Crippen molar-refractivity contribution in [2.75, 3.05) is 39.5 Å². The van der Waals surface area contributed by atoms with Gasteiger partial charge in [-0.05, 0) is 32.9 Å². The Bertz CT molecular complexity index is 840. The van der Waals surface area contributed by atoms with Gasteiger partial charge < -0.3 is 15.5 Å². The predicted octanol–water partition coefficient (Wildman–Crippen LogP) is 1.81. The Labute approximate surface area is 160 Å². The van der Waals surface area contributed by atoms with Gasteiger partial charge in [-0.1, -0.05) is 19.9 Å². The lowest BCUT2D eigenvalue weighted by Crippen LogP contribution is -2.40. The fourth-order valence-electron chi connectivity index (χ4n) is 3.51. The monoisotopic (exact) mass is 371 g/mol. The molecule has 1 amide bonds. The molecule has 0 radical (unpaired) electrons. The topological polar surface area (TPSA) is 93.2 Å². The number of amides is 1. The van der Waals surface area contributed by atoms with Crippen LogP contribution in [0.5, 0.6) is 0 Å². The molecule has 3 rings (SSSR count). The second kappa shape index (κ2) is 8.04. The summed E-state index contributed by atoms with van der Waals surface area (Å²) in [6.45, 7) is 6.33. The van der Waals surface area contributed by atoms with Crippen molar-refractivity contribution < 1.29 is 4.79 Å². The van der Waals surface area contributed by atoms with Crippen molar-refractivity contribution >= 4 is 22.8 Å². The molecule has 27 heavy (non-hydrogen) atoms. The van der Waals surface area contributed by atoms with Gasteiger partial charge >= 0.3 is 0 Å². The summed E-state index contributed by atoms with van der Waals surface area (Å²) in [4.78, 5) is 25.0. The largest absolute Gasteiger partial charge is 0.383 e. The van der Waals surface area contributed by atoms with Crippen LogP contribution in [0.4, 0.5) is 5.82 Å². The first-order chi connectivity index (χ1) is 12.9. The summed E-state index contributed by atoms with van der Waals surface area (Å²) in [5.74, 6) is 0.735. The van der Waals surface area contributed by atoms with E-state index in [4.69, 9.17) is 10.8 Å². The van der Waals surface area contributed by atoms with Gasteiger partial charge in [0, 0.05) is 25.7 Å². The van der Waals surface area contributed by atoms with E-state index < -0.39 is 0 Å². The number of nitrogens with two attached hydrogens (primary N) is 1. The molecule has 1 aliphatic rings. The van der Waals surface area contributed by atoms with Crippen LogP contribution in [0.25, 0.3) is 11.0 Å². The van der Waals surface area contributed by atoms with Crippen LogP contribution in [0.1, 0.15) is 44.3 Å². The molecule has 1 fully saturated rings. The highest BCUT2D eigenvalue weighted by Gasteiger charge is 2.28. The van der Waals surface area contributed by atoms with Crippen molar-refractivity contribution in [2.45, 2.75) is 38.6 Å². The number of rotatable bonds is 5. The Morgan fingerprint density at radius 3 is 2.89 bits per heavy atom. The van der Waals surface area contributed by atoms with E-state index in [-0.39, 0.29) is 17.9 Å². The number of hydrogen-bond acceptors (Lipinski definition) is 6. The highest BCUT2D eigenvalue weighted by atomic mass is 16.2. The van der Waals surface area contributed by atoms with Crippen LogP contribution in [0.15, 0.2) is 18.5 Å². The molecule has 1 saturated heterocycles. The standard InChI is InChI=1S/C19H29N7O/c1-13(2)17-16-18(20)21-12-22-19(16)26(23-17)14-7-5-10-25(11-14)15(27)8-6-9-24(3)4/h6,8,12-14H,5,7,9-11H2,1-4H3,(H2,20,21,22)/b8-6+/t14-/m1/s1. The lowest BCUT2D eigenvalue weighted by atomic mass is 10.1. The molecule has 2 aromatic heterocycles. The maximum absolute atomic E-state index is 12.5. The molecule has 2 N–H and O–H groups in total. The highest BCUT2D eigenvalue weighted by molar-refractivity contribution is 5.89. The molecule has 0 unspecified atom stereocenters. The molecule has 8 nitrogen and oxygen atoms in total.